The summed E-state index contributed by atoms with van der Waals surface area (Å²) in [5, 5.41) is 20.5. The van der Waals surface area contributed by atoms with Gasteiger partial charge in [-0.15, -0.1) is 0 Å². The molecule has 1 heterocycles. The predicted octanol–water partition coefficient (Wildman–Crippen LogP) is 1.19. The summed E-state index contributed by atoms with van der Waals surface area (Å²) in [6.45, 7) is -0.0191. The summed E-state index contributed by atoms with van der Waals surface area (Å²) in [6.07, 6.45) is 2.04. The number of aliphatic hydroxyl groups excluding tert-OH is 1. The second-order valence-electron chi connectivity index (χ2n) is 7.58. The maximum Gasteiger partial charge on any atom is 0.266 e. The number of hydrogen-bond donors (Lipinski definition) is 6. The van der Waals surface area contributed by atoms with Crippen LogP contribution in [0.15, 0.2) is 24.3 Å². The summed E-state index contributed by atoms with van der Waals surface area (Å²) in [4.78, 5) is 25.1. The van der Waals surface area contributed by atoms with Crippen molar-refractivity contribution in [1.82, 2.24) is 10.8 Å². The molecule has 160 valence electrons. The van der Waals surface area contributed by atoms with Crippen molar-refractivity contribution >= 4 is 22.4 Å². The van der Waals surface area contributed by atoms with Gasteiger partial charge in [0.25, 0.3) is 11.8 Å². The first kappa shape index (κ1) is 22.2. The van der Waals surface area contributed by atoms with Crippen LogP contribution in [0.3, 0.4) is 0 Å². The Bertz CT molecular complexity index is 926. The zero-order valence-electron chi connectivity index (χ0n) is 16.2. The van der Waals surface area contributed by atoms with Crippen molar-refractivity contribution in [3.63, 3.8) is 0 Å². The van der Waals surface area contributed by atoms with Crippen molar-refractivity contribution in [3.05, 3.63) is 35.4 Å². The molecule has 0 bridgehead atoms. The topological polar surface area (TPSA) is 139 Å². The third kappa shape index (κ3) is 4.96. The fourth-order valence-corrected chi connectivity index (χ4v) is 6.28. The number of carbonyl (C=O) groups is 2. The minimum atomic E-state index is -2.75. The Kier molecular flexibility index (Phi) is 6.71. The first-order valence-electron chi connectivity index (χ1n) is 9.49. The molecular formula is C21H24N2O6S. The van der Waals surface area contributed by atoms with E-state index in [0.717, 1.165) is 12.8 Å². The first-order chi connectivity index (χ1) is 14.3. The Morgan fingerprint density at radius 2 is 1.83 bits per heavy atom. The van der Waals surface area contributed by atoms with Gasteiger partial charge in [0.1, 0.15) is 6.04 Å². The maximum absolute atomic E-state index is 12.7. The van der Waals surface area contributed by atoms with Gasteiger partial charge in [-0.3, -0.25) is 23.9 Å². The summed E-state index contributed by atoms with van der Waals surface area (Å²) < 4.78 is 19.9. The lowest BCUT2D eigenvalue weighted by Crippen LogP contribution is -2.65. The molecule has 1 aliphatic heterocycles. The van der Waals surface area contributed by atoms with E-state index in [9.17, 15) is 18.7 Å². The van der Waals surface area contributed by atoms with Crippen LogP contribution in [0.5, 0.6) is 0 Å². The van der Waals surface area contributed by atoms with Crippen LogP contribution >= 0.6 is 10.6 Å². The van der Waals surface area contributed by atoms with Crippen molar-refractivity contribution in [2.75, 3.05) is 18.1 Å². The molecule has 9 heteroatoms. The number of carbonyl (C=O) groups excluding carboxylic acids is 2. The Morgan fingerprint density at radius 3 is 2.37 bits per heavy atom. The average Bonchev–Trinajstić information content (AvgIpc) is 3.55. The Morgan fingerprint density at radius 1 is 1.17 bits per heavy atom. The van der Waals surface area contributed by atoms with E-state index < -0.39 is 33.9 Å². The number of hydroxylamine groups is 1. The third-order valence-corrected chi connectivity index (χ3v) is 7.35. The number of amides is 2. The molecule has 1 aromatic rings. The SMILES string of the molecule is O=C(NC(C(=O)NO)C1(C2CC2)CS(O)(O)C1)c1ccc(C#CC#CCCO)cc1. The molecule has 1 saturated heterocycles. The van der Waals surface area contributed by atoms with Gasteiger partial charge in [0.2, 0.25) is 0 Å². The number of aliphatic hydroxyl groups is 1. The number of rotatable bonds is 6. The van der Waals surface area contributed by atoms with Gasteiger partial charge in [0, 0.05) is 34.5 Å². The fourth-order valence-electron chi connectivity index (χ4n) is 3.84. The highest BCUT2D eigenvalue weighted by molar-refractivity contribution is 8.25. The van der Waals surface area contributed by atoms with E-state index in [1.165, 1.54) is 0 Å². The highest BCUT2D eigenvalue weighted by atomic mass is 32.3. The van der Waals surface area contributed by atoms with Crippen LogP contribution in [0, 0.1) is 35.0 Å². The monoisotopic (exact) mass is 432 g/mol. The molecule has 1 aromatic carbocycles. The lowest BCUT2D eigenvalue weighted by molar-refractivity contribution is -0.134. The summed E-state index contributed by atoms with van der Waals surface area (Å²) >= 11 is 0. The van der Waals surface area contributed by atoms with E-state index in [1.807, 2.05) is 0 Å². The Balaban J connectivity index is 1.72. The van der Waals surface area contributed by atoms with Crippen LogP contribution in [-0.2, 0) is 4.79 Å². The van der Waals surface area contributed by atoms with Crippen molar-refractivity contribution in [2.45, 2.75) is 25.3 Å². The second kappa shape index (κ2) is 9.09. The minimum Gasteiger partial charge on any atom is -0.395 e. The number of nitrogens with one attached hydrogen (secondary N) is 2. The van der Waals surface area contributed by atoms with Crippen LogP contribution in [0.2, 0.25) is 0 Å². The number of benzene rings is 1. The molecule has 0 aromatic heterocycles. The molecule has 1 saturated carbocycles. The summed E-state index contributed by atoms with van der Waals surface area (Å²) in [5.41, 5.74) is 1.79. The smallest absolute Gasteiger partial charge is 0.266 e. The minimum absolute atomic E-state index is 0.0191. The van der Waals surface area contributed by atoms with Crippen molar-refractivity contribution < 1.29 is 29.0 Å². The van der Waals surface area contributed by atoms with Crippen LogP contribution in [0.1, 0.15) is 35.2 Å². The van der Waals surface area contributed by atoms with Gasteiger partial charge in [0.15, 0.2) is 0 Å². The van der Waals surface area contributed by atoms with E-state index in [2.05, 4.69) is 29.0 Å². The lowest BCUT2D eigenvalue weighted by atomic mass is 9.77. The van der Waals surface area contributed by atoms with Gasteiger partial charge in [-0.25, -0.2) is 5.48 Å². The van der Waals surface area contributed by atoms with Crippen LogP contribution in [0.25, 0.3) is 0 Å². The van der Waals surface area contributed by atoms with Gasteiger partial charge >= 0.3 is 0 Å². The molecule has 6 N–H and O–H groups in total. The molecule has 30 heavy (non-hydrogen) atoms. The molecule has 1 unspecified atom stereocenters. The second-order valence-corrected chi connectivity index (χ2v) is 9.77. The molecule has 0 radical (unpaired) electrons. The molecule has 8 nitrogen and oxygen atoms in total. The van der Waals surface area contributed by atoms with Crippen molar-refractivity contribution in [2.24, 2.45) is 11.3 Å². The standard InChI is InChI=1S/C21H24N2O6S/c24-12-4-2-1-3-5-15-6-8-16(9-7-15)19(25)22-18(20(26)23-27)21(17-10-11-17)13-30(28,29)14-21/h6-9,17-18,24,27-29H,4,10-14H2,(H,22,25)(H,23,26). The Hall–Kier alpha value is -2.53. The molecule has 2 aliphatic rings. The normalized spacial score (nSPS) is 20.1. The molecule has 1 atom stereocenters. The highest BCUT2D eigenvalue weighted by Crippen LogP contribution is 2.67. The zero-order valence-corrected chi connectivity index (χ0v) is 17.0. The van der Waals surface area contributed by atoms with Gasteiger partial charge in [-0.05, 0) is 54.9 Å². The maximum atomic E-state index is 12.7. The van der Waals surface area contributed by atoms with Gasteiger partial charge in [-0.1, -0.05) is 11.8 Å². The molecule has 2 fully saturated rings. The van der Waals surface area contributed by atoms with E-state index in [1.54, 1.807) is 29.7 Å². The molecule has 0 spiro atoms. The largest absolute Gasteiger partial charge is 0.395 e. The lowest BCUT2D eigenvalue weighted by Gasteiger charge is -2.58. The third-order valence-electron chi connectivity index (χ3n) is 5.35. The van der Waals surface area contributed by atoms with Crippen LogP contribution in [-0.4, -0.2) is 55.4 Å². The molecule has 3 rings (SSSR count). The van der Waals surface area contributed by atoms with E-state index in [0.29, 0.717) is 17.5 Å². The molecular weight excluding hydrogens is 408 g/mol. The number of hydrogen-bond acceptors (Lipinski definition) is 6. The summed E-state index contributed by atoms with van der Waals surface area (Å²) in [6, 6.07) is 5.35. The summed E-state index contributed by atoms with van der Waals surface area (Å²) in [7, 11) is -2.75. The van der Waals surface area contributed by atoms with Gasteiger partial charge in [-0.2, -0.15) is 10.6 Å². The fraction of sp³-hybridized carbons (Fsp3) is 0.429. The van der Waals surface area contributed by atoms with Crippen molar-refractivity contribution in [3.8, 4) is 23.7 Å². The average molecular weight is 432 g/mol. The zero-order chi connectivity index (χ0) is 21.8. The molecule has 1 aliphatic carbocycles. The molecule has 2 amide bonds. The summed E-state index contributed by atoms with van der Waals surface area (Å²) in [5.74, 6) is 9.68. The van der Waals surface area contributed by atoms with Gasteiger partial charge < -0.3 is 10.4 Å². The predicted molar refractivity (Wildman–Crippen MR) is 112 cm³/mol. The van der Waals surface area contributed by atoms with Crippen molar-refractivity contribution in [1.29, 1.82) is 0 Å². The van der Waals surface area contributed by atoms with E-state index in [4.69, 9.17) is 10.3 Å². The Labute approximate surface area is 176 Å². The van der Waals surface area contributed by atoms with E-state index in [-0.39, 0.29) is 24.0 Å². The van der Waals surface area contributed by atoms with Crippen LogP contribution in [0.4, 0.5) is 0 Å². The quantitative estimate of drug-likeness (QED) is 0.227. The van der Waals surface area contributed by atoms with Gasteiger partial charge in [0.05, 0.1) is 6.61 Å². The van der Waals surface area contributed by atoms with Crippen LogP contribution < -0.4 is 10.8 Å². The van der Waals surface area contributed by atoms with E-state index >= 15 is 0 Å². The highest BCUT2D eigenvalue weighted by Gasteiger charge is 2.63. The first-order valence-corrected chi connectivity index (χ1v) is 11.4.